The Morgan fingerprint density at radius 1 is 1.07 bits per heavy atom. The van der Waals surface area contributed by atoms with Gasteiger partial charge in [0.05, 0.1) is 29.6 Å². The topological polar surface area (TPSA) is 54.9 Å². The van der Waals surface area contributed by atoms with Gasteiger partial charge >= 0.3 is 6.18 Å². The van der Waals surface area contributed by atoms with Gasteiger partial charge in [-0.05, 0) is 29.8 Å². The number of hydrogen-bond acceptors (Lipinski definition) is 3. The highest BCUT2D eigenvalue weighted by Gasteiger charge is 2.40. The molecule has 1 aromatic heterocycles. The molecule has 0 spiro atoms. The summed E-state index contributed by atoms with van der Waals surface area (Å²) in [5.41, 5.74) is -1.12. The Bertz CT molecular complexity index is 1120. The second kappa shape index (κ2) is 7.50. The number of halogens is 4. The van der Waals surface area contributed by atoms with Crippen LogP contribution < -0.4 is 10.3 Å². The molecule has 0 saturated carbocycles. The monoisotopic (exact) mass is 468 g/mol. The van der Waals surface area contributed by atoms with E-state index in [1.807, 2.05) is 0 Å². The maximum Gasteiger partial charge on any atom is 0.450 e. The second-order valence-electron chi connectivity index (χ2n) is 7.21. The lowest BCUT2D eigenvalue weighted by Gasteiger charge is -2.17. The number of rotatable bonds is 3. The lowest BCUT2D eigenvalue weighted by molar-refractivity contribution is -0.901. The number of hydrogen-bond donors (Lipinski definition) is 2. The van der Waals surface area contributed by atoms with Crippen LogP contribution >= 0.6 is 15.9 Å². The highest BCUT2D eigenvalue weighted by Crippen LogP contribution is 2.39. The summed E-state index contributed by atoms with van der Waals surface area (Å²) in [4.78, 5) is 14.3. The zero-order valence-corrected chi connectivity index (χ0v) is 16.9. The van der Waals surface area contributed by atoms with E-state index in [1.165, 1.54) is 24.3 Å². The third-order valence-corrected chi connectivity index (χ3v) is 5.80. The first-order valence-corrected chi connectivity index (χ1v) is 10.0. The van der Waals surface area contributed by atoms with Crippen LogP contribution in [-0.4, -0.2) is 18.2 Å². The Kier molecular flexibility index (Phi) is 5.16. The van der Waals surface area contributed by atoms with Gasteiger partial charge in [-0.15, -0.1) is 0 Å². The molecule has 1 aliphatic rings. The quantitative estimate of drug-likeness (QED) is 0.607. The van der Waals surface area contributed by atoms with Gasteiger partial charge in [0.15, 0.2) is 5.58 Å². The van der Waals surface area contributed by atoms with Crippen molar-refractivity contribution < 1.29 is 27.6 Å². The van der Waals surface area contributed by atoms with Crippen molar-refractivity contribution >= 4 is 26.9 Å². The summed E-state index contributed by atoms with van der Waals surface area (Å²) in [5, 5.41) is 10.3. The van der Waals surface area contributed by atoms with Crippen LogP contribution in [0.4, 0.5) is 13.2 Å². The van der Waals surface area contributed by atoms with Crippen molar-refractivity contribution in [1.29, 1.82) is 0 Å². The van der Waals surface area contributed by atoms with Crippen molar-refractivity contribution in [2.75, 3.05) is 13.1 Å². The Balaban J connectivity index is 2.00. The lowest BCUT2D eigenvalue weighted by Crippen LogP contribution is -3.08. The fraction of sp³-hybridized carbons (Fsp3) is 0.286. The molecule has 3 aromatic rings. The van der Waals surface area contributed by atoms with Gasteiger partial charge < -0.3 is 14.4 Å². The Morgan fingerprint density at radius 2 is 1.72 bits per heavy atom. The summed E-state index contributed by atoms with van der Waals surface area (Å²) in [5.74, 6) is -1.51. The van der Waals surface area contributed by atoms with Crippen LogP contribution in [0, 0.1) is 0 Å². The van der Waals surface area contributed by atoms with Gasteiger partial charge in [-0.1, -0.05) is 28.1 Å². The average Bonchev–Trinajstić information content (AvgIpc) is 3.17. The molecule has 29 heavy (non-hydrogen) atoms. The van der Waals surface area contributed by atoms with Gasteiger partial charge in [0.1, 0.15) is 12.3 Å². The van der Waals surface area contributed by atoms with E-state index < -0.39 is 22.9 Å². The average molecular weight is 469 g/mol. The van der Waals surface area contributed by atoms with Gasteiger partial charge in [-0.25, -0.2) is 0 Å². The van der Waals surface area contributed by atoms with Crippen molar-refractivity contribution in [1.82, 2.24) is 0 Å². The van der Waals surface area contributed by atoms with Crippen LogP contribution in [0.3, 0.4) is 0 Å². The first-order valence-electron chi connectivity index (χ1n) is 9.24. The number of quaternary nitrogens is 1. The van der Waals surface area contributed by atoms with Crippen LogP contribution in [0.15, 0.2) is 50.1 Å². The third kappa shape index (κ3) is 3.79. The smallest absolute Gasteiger partial charge is 0.450 e. The highest BCUT2D eigenvalue weighted by atomic mass is 79.9. The molecular formula is C21H18BrF3NO3+. The van der Waals surface area contributed by atoms with Crippen LogP contribution in [0.2, 0.25) is 0 Å². The molecular weight excluding hydrogens is 451 g/mol. The standard InChI is InChI=1S/C21H17BrF3NO3/c22-13-5-3-12(4-6-13)17-18(28)14-7-8-16(27)15(11-26-9-1-2-10-26)19(14)29-20(17)21(23,24)25/h3-8,27H,1-2,9-11H2/p+1. The van der Waals surface area contributed by atoms with E-state index in [2.05, 4.69) is 15.9 Å². The molecule has 2 aromatic carbocycles. The minimum atomic E-state index is -4.86. The summed E-state index contributed by atoms with van der Waals surface area (Å²) < 4.78 is 47.6. The predicted octanol–water partition coefficient (Wildman–Crippen LogP) is 4.13. The zero-order valence-electron chi connectivity index (χ0n) is 15.3. The van der Waals surface area contributed by atoms with Crippen molar-refractivity contribution in [3.63, 3.8) is 0 Å². The van der Waals surface area contributed by atoms with Crippen molar-refractivity contribution in [2.45, 2.75) is 25.6 Å². The first-order chi connectivity index (χ1) is 13.8. The Labute approximate surface area is 172 Å². The van der Waals surface area contributed by atoms with E-state index in [0.717, 1.165) is 30.8 Å². The third-order valence-electron chi connectivity index (χ3n) is 5.27. The normalized spacial score (nSPS) is 15.3. The summed E-state index contributed by atoms with van der Waals surface area (Å²) >= 11 is 3.24. The predicted molar refractivity (Wildman–Crippen MR) is 106 cm³/mol. The molecule has 1 fully saturated rings. The second-order valence-corrected chi connectivity index (χ2v) is 8.13. The van der Waals surface area contributed by atoms with Gasteiger partial charge in [0.25, 0.3) is 0 Å². The molecule has 152 valence electrons. The summed E-state index contributed by atoms with van der Waals surface area (Å²) in [6.07, 6.45) is -2.82. The van der Waals surface area contributed by atoms with E-state index in [9.17, 15) is 23.1 Å². The van der Waals surface area contributed by atoms with Crippen molar-refractivity contribution in [3.05, 3.63) is 62.4 Å². The maximum atomic E-state index is 13.8. The molecule has 1 saturated heterocycles. The molecule has 0 bridgehead atoms. The molecule has 4 nitrogen and oxygen atoms in total. The van der Waals surface area contributed by atoms with E-state index in [0.29, 0.717) is 11.0 Å². The minimum Gasteiger partial charge on any atom is -0.507 e. The number of aromatic hydroxyl groups is 1. The highest BCUT2D eigenvalue weighted by molar-refractivity contribution is 9.10. The number of phenolic OH excluding ortho intramolecular Hbond substituents is 1. The molecule has 0 amide bonds. The molecule has 0 aliphatic carbocycles. The van der Waals surface area contributed by atoms with E-state index in [4.69, 9.17) is 4.42 Å². The maximum absolute atomic E-state index is 13.8. The first kappa shape index (κ1) is 20.0. The molecule has 2 heterocycles. The van der Waals surface area contributed by atoms with Gasteiger partial charge in [-0.3, -0.25) is 4.79 Å². The molecule has 0 unspecified atom stereocenters. The van der Waals surface area contributed by atoms with Crippen LogP contribution in [0.25, 0.3) is 22.1 Å². The van der Waals surface area contributed by atoms with E-state index in [1.54, 1.807) is 12.1 Å². The summed E-state index contributed by atoms with van der Waals surface area (Å²) in [6.45, 7) is 2.04. The SMILES string of the molecule is O=c1c(-c2ccc(Br)cc2)c(C(F)(F)F)oc2c(C[NH+]3CCCC3)c(O)ccc12. The largest absolute Gasteiger partial charge is 0.507 e. The number of nitrogens with one attached hydrogen (secondary N) is 1. The Hall–Kier alpha value is -2.32. The molecule has 4 rings (SSSR count). The van der Waals surface area contributed by atoms with E-state index >= 15 is 0 Å². The van der Waals surface area contributed by atoms with E-state index in [-0.39, 0.29) is 27.8 Å². The van der Waals surface area contributed by atoms with Crippen LogP contribution in [-0.2, 0) is 12.7 Å². The number of likely N-dealkylation sites (tertiary alicyclic amines) is 1. The van der Waals surface area contributed by atoms with Crippen molar-refractivity contribution in [3.8, 4) is 16.9 Å². The van der Waals surface area contributed by atoms with Gasteiger partial charge in [0.2, 0.25) is 11.2 Å². The van der Waals surface area contributed by atoms with Crippen LogP contribution in [0.5, 0.6) is 5.75 Å². The number of alkyl halides is 3. The molecule has 8 heteroatoms. The zero-order chi connectivity index (χ0) is 20.8. The lowest BCUT2D eigenvalue weighted by atomic mass is 10.00. The molecule has 0 atom stereocenters. The van der Waals surface area contributed by atoms with Crippen LogP contribution in [0.1, 0.15) is 24.2 Å². The van der Waals surface area contributed by atoms with Gasteiger partial charge in [0, 0.05) is 17.3 Å². The number of fused-ring (bicyclic) bond motifs is 1. The molecule has 2 N–H and O–H groups in total. The molecule has 1 aliphatic heterocycles. The molecule has 0 radical (unpaired) electrons. The van der Waals surface area contributed by atoms with Gasteiger partial charge in [-0.2, -0.15) is 13.2 Å². The number of phenols is 1. The fourth-order valence-corrected chi connectivity index (χ4v) is 4.12. The summed E-state index contributed by atoms with van der Waals surface area (Å²) in [6, 6.07) is 8.68. The summed E-state index contributed by atoms with van der Waals surface area (Å²) in [7, 11) is 0. The minimum absolute atomic E-state index is 0.0299. The van der Waals surface area contributed by atoms with Crippen molar-refractivity contribution in [2.24, 2.45) is 0 Å². The number of benzene rings is 2. The Morgan fingerprint density at radius 3 is 2.34 bits per heavy atom. The fourth-order valence-electron chi connectivity index (χ4n) is 3.85.